The second-order valence-electron chi connectivity index (χ2n) is 8.03. The molecule has 2 N–H and O–H groups in total. The van der Waals surface area contributed by atoms with Crippen molar-refractivity contribution in [1.29, 1.82) is 0 Å². The van der Waals surface area contributed by atoms with Gasteiger partial charge in [-0.05, 0) is 67.5 Å². The first-order chi connectivity index (χ1) is 13.6. The molecule has 1 aliphatic heterocycles. The van der Waals surface area contributed by atoms with Crippen LogP contribution < -0.4 is 14.8 Å². The summed E-state index contributed by atoms with van der Waals surface area (Å²) in [6.45, 7) is 0.205. The smallest absolute Gasteiger partial charge is 0.235 e. The Morgan fingerprint density at radius 2 is 1.96 bits per heavy atom. The number of benzene rings is 2. The first-order valence-electron chi connectivity index (χ1n) is 9.66. The van der Waals surface area contributed by atoms with Gasteiger partial charge in [-0.1, -0.05) is 6.07 Å². The van der Waals surface area contributed by atoms with E-state index in [1.807, 2.05) is 30.3 Å². The van der Waals surface area contributed by atoms with Gasteiger partial charge < -0.3 is 19.8 Å². The molecule has 2 heterocycles. The quantitative estimate of drug-likeness (QED) is 0.681. The zero-order valence-corrected chi connectivity index (χ0v) is 15.2. The van der Waals surface area contributed by atoms with E-state index in [1.165, 1.54) is 6.07 Å². The summed E-state index contributed by atoms with van der Waals surface area (Å²) in [6, 6.07) is 10.9. The van der Waals surface area contributed by atoms with E-state index in [2.05, 4.69) is 10.3 Å². The Balaban J connectivity index is 0.00000181. The summed E-state index contributed by atoms with van der Waals surface area (Å²) in [7, 11) is 0. The zero-order chi connectivity index (χ0) is 18.9. The van der Waals surface area contributed by atoms with Crippen LogP contribution in [0.15, 0.2) is 36.4 Å². The van der Waals surface area contributed by atoms with Crippen LogP contribution in [0.3, 0.4) is 0 Å². The molecule has 3 aromatic rings. The van der Waals surface area contributed by atoms with Gasteiger partial charge in [0.1, 0.15) is 5.82 Å². The number of anilines is 1. The average Bonchev–Trinajstić information content (AvgIpc) is 3.60. The molecule has 144 valence electrons. The van der Waals surface area contributed by atoms with Crippen LogP contribution in [-0.4, -0.2) is 17.7 Å². The lowest BCUT2D eigenvalue weighted by Crippen LogP contribution is -2.27. The fourth-order valence-corrected chi connectivity index (χ4v) is 4.12. The number of aromatic nitrogens is 1. The maximum absolute atomic E-state index is 14.6. The molecule has 1 aromatic heterocycles. The zero-order valence-electron chi connectivity index (χ0n) is 15.2. The van der Waals surface area contributed by atoms with E-state index in [-0.39, 0.29) is 19.9 Å². The van der Waals surface area contributed by atoms with Gasteiger partial charge in [-0.15, -0.1) is 0 Å². The molecule has 0 atom stereocenters. The van der Waals surface area contributed by atoms with Crippen molar-refractivity contribution in [2.45, 2.75) is 37.0 Å². The minimum absolute atomic E-state index is 0. The van der Waals surface area contributed by atoms with E-state index >= 15 is 0 Å². The number of H-pyrrole nitrogens is 1. The normalized spacial score (nSPS) is 19.0. The third-order valence-corrected chi connectivity index (χ3v) is 6.09. The van der Waals surface area contributed by atoms with E-state index in [0.717, 1.165) is 42.3 Å². The van der Waals surface area contributed by atoms with Crippen molar-refractivity contribution in [2.24, 2.45) is 0 Å². The molecule has 2 saturated carbocycles. The molecule has 2 aromatic carbocycles. The predicted molar refractivity (Wildman–Crippen MR) is 104 cm³/mol. The highest BCUT2D eigenvalue weighted by Gasteiger charge is 2.51. The van der Waals surface area contributed by atoms with Crippen LogP contribution in [0.1, 0.15) is 44.3 Å². The Morgan fingerprint density at radius 3 is 2.75 bits per heavy atom. The highest BCUT2D eigenvalue weighted by Crippen LogP contribution is 2.51. The summed E-state index contributed by atoms with van der Waals surface area (Å²) in [4.78, 5) is 16.2. The maximum Gasteiger partial charge on any atom is 0.235 e. The van der Waals surface area contributed by atoms with E-state index in [0.29, 0.717) is 28.6 Å². The minimum atomic E-state index is -0.580. The Bertz CT molecular complexity index is 1130. The van der Waals surface area contributed by atoms with Crippen LogP contribution in [0, 0.1) is 5.82 Å². The standard InChI is InChI=1S/C22H19FN2O3.H2/c23-16-10-15(7-13-8-17(12-1-2-12)25-20(13)16)24-21(26)22(5-6-22)14-3-4-18-19(9-14)28-11-27-18;/h3-4,7-10,12,25H,1-2,5-6,11H2,(H,24,26);1H. The molecule has 28 heavy (non-hydrogen) atoms. The molecule has 5 nitrogen and oxygen atoms in total. The molecule has 0 spiro atoms. The van der Waals surface area contributed by atoms with Gasteiger partial charge >= 0.3 is 0 Å². The lowest BCUT2D eigenvalue weighted by Gasteiger charge is -2.16. The number of halogens is 1. The van der Waals surface area contributed by atoms with Crippen LogP contribution in [-0.2, 0) is 10.2 Å². The van der Waals surface area contributed by atoms with Gasteiger partial charge in [0.2, 0.25) is 12.7 Å². The summed E-state index contributed by atoms with van der Waals surface area (Å²) in [6.07, 6.45) is 3.82. The lowest BCUT2D eigenvalue weighted by molar-refractivity contribution is -0.118. The second-order valence-corrected chi connectivity index (χ2v) is 8.03. The van der Waals surface area contributed by atoms with Crippen molar-refractivity contribution in [3.8, 4) is 11.5 Å². The third kappa shape index (κ3) is 2.40. The van der Waals surface area contributed by atoms with Crippen LogP contribution in [0.5, 0.6) is 11.5 Å². The second kappa shape index (κ2) is 5.50. The summed E-state index contributed by atoms with van der Waals surface area (Å²) >= 11 is 0. The number of rotatable bonds is 4. The highest BCUT2D eigenvalue weighted by molar-refractivity contribution is 6.02. The molecule has 6 heteroatoms. The van der Waals surface area contributed by atoms with Gasteiger partial charge in [-0.2, -0.15) is 0 Å². The highest BCUT2D eigenvalue weighted by atomic mass is 19.1. The molecule has 0 radical (unpaired) electrons. The molecule has 2 aliphatic carbocycles. The lowest BCUT2D eigenvalue weighted by atomic mass is 9.94. The van der Waals surface area contributed by atoms with Crippen LogP contribution >= 0.6 is 0 Å². The average molecular weight is 380 g/mol. The predicted octanol–water partition coefficient (Wildman–Crippen LogP) is 4.83. The van der Waals surface area contributed by atoms with Crippen molar-refractivity contribution >= 4 is 22.5 Å². The third-order valence-electron chi connectivity index (χ3n) is 6.09. The van der Waals surface area contributed by atoms with Crippen LogP contribution in [0.25, 0.3) is 10.9 Å². The molecular weight excluding hydrogens is 359 g/mol. The number of amides is 1. The number of hydrogen-bond acceptors (Lipinski definition) is 3. The van der Waals surface area contributed by atoms with Crippen molar-refractivity contribution in [1.82, 2.24) is 4.98 Å². The fraction of sp³-hybridized carbons (Fsp3) is 0.318. The molecule has 3 aliphatic rings. The number of nitrogens with one attached hydrogen (secondary N) is 2. The van der Waals surface area contributed by atoms with Gasteiger partial charge in [-0.3, -0.25) is 4.79 Å². The number of hydrogen-bond donors (Lipinski definition) is 2. The van der Waals surface area contributed by atoms with Crippen molar-refractivity contribution in [3.63, 3.8) is 0 Å². The Labute approximate surface area is 162 Å². The number of fused-ring (bicyclic) bond motifs is 2. The van der Waals surface area contributed by atoms with Gasteiger partial charge in [-0.25, -0.2) is 4.39 Å². The van der Waals surface area contributed by atoms with E-state index in [1.54, 1.807) is 0 Å². The summed E-state index contributed by atoms with van der Waals surface area (Å²) in [5, 5.41) is 3.73. The Hall–Kier alpha value is -3.02. The molecule has 2 fully saturated rings. The fourth-order valence-electron chi connectivity index (χ4n) is 4.12. The monoisotopic (exact) mass is 380 g/mol. The van der Waals surface area contributed by atoms with Crippen LogP contribution in [0.2, 0.25) is 0 Å². The molecule has 0 saturated heterocycles. The SMILES string of the molecule is O=C(Nc1cc(F)c2[nH]c(C3CC3)cc2c1)C1(c2ccc3c(c2)OCO3)CC1.[HH]. The number of carbonyl (C=O) groups is 1. The molecule has 0 bridgehead atoms. The van der Waals surface area contributed by atoms with E-state index in [4.69, 9.17) is 9.47 Å². The first-order valence-corrected chi connectivity index (χ1v) is 9.66. The van der Waals surface area contributed by atoms with Gasteiger partial charge in [0, 0.05) is 18.2 Å². The largest absolute Gasteiger partial charge is 0.454 e. The van der Waals surface area contributed by atoms with E-state index in [9.17, 15) is 9.18 Å². The first kappa shape index (κ1) is 16.0. The number of carbonyl (C=O) groups excluding carboxylic acids is 1. The summed E-state index contributed by atoms with van der Waals surface area (Å²) in [5.41, 5.74) is 2.41. The van der Waals surface area contributed by atoms with Crippen molar-refractivity contribution in [2.75, 3.05) is 12.1 Å². The molecule has 6 rings (SSSR count). The minimum Gasteiger partial charge on any atom is -0.454 e. The topological polar surface area (TPSA) is 63.4 Å². The Kier molecular flexibility index (Phi) is 3.14. The summed E-state index contributed by atoms with van der Waals surface area (Å²) in [5.74, 6) is 1.44. The van der Waals surface area contributed by atoms with Crippen molar-refractivity contribution in [3.05, 3.63) is 53.5 Å². The van der Waals surface area contributed by atoms with Gasteiger partial charge in [0.15, 0.2) is 11.5 Å². The molecule has 0 unspecified atom stereocenters. The van der Waals surface area contributed by atoms with Gasteiger partial charge in [0.25, 0.3) is 0 Å². The molecular formula is C22H21FN2O3. The Morgan fingerprint density at radius 1 is 1.14 bits per heavy atom. The van der Waals surface area contributed by atoms with Crippen LogP contribution in [0.4, 0.5) is 10.1 Å². The number of ether oxygens (including phenoxy) is 2. The molecule has 1 amide bonds. The van der Waals surface area contributed by atoms with E-state index < -0.39 is 5.41 Å². The summed E-state index contributed by atoms with van der Waals surface area (Å²) < 4.78 is 25.4. The van der Waals surface area contributed by atoms with Crippen molar-refractivity contribution < 1.29 is 20.1 Å². The number of aromatic amines is 1. The van der Waals surface area contributed by atoms with Gasteiger partial charge in [0.05, 0.1) is 10.9 Å². The maximum atomic E-state index is 14.6.